The van der Waals surface area contributed by atoms with Crippen LogP contribution in [0.3, 0.4) is 0 Å². The SMILES string of the molecule is C=C(NN=NC)c1cccc(-c2ccc(NC(=CCC)[C@H](C)NC)c(=O)n2Cc2cncc(-n3ccc4cc(F)ccc43)c2)c1. The van der Waals surface area contributed by atoms with Crippen LogP contribution in [0.25, 0.3) is 33.5 Å². The van der Waals surface area contributed by atoms with Gasteiger partial charge in [-0.2, -0.15) is 5.11 Å². The normalized spacial score (nSPS) is 12.5. The van der Waals surface area contributed by atoms with Crippen LogP contribution in [0.1, 0.15) is 31.4 Å². The predicted octanol–water partition coefficient (Wildman–Crippen LogP) is 6.91. The van der Waals surface area contributed by atoms with Crippen molar-refractivity contribution in [1.82, 2.24) is 24.9 Å². The zero-order chi connectivity index (χ0) is 31.9. The third kappa shape index (κ3) is 6.91. The zero-order valence-corrected chi connectivity index (χ0v) is 25.9. The van der Waals surface area contributed by atoms with Crippen LogP contribution in [0.2, 0.25) is 0 Å². The Kier molecular flexibility index (Phi) is 9.64. The fourth-order valence-corrected chi connectivity index (χ4v) is 5.20. The Hall–Kier alpha value is -5.35. The molecule has 0 saturated heterocycles. The Morgan fingerprint density at radius 2 is 1.96 bits per heavy atom. The van der Waals surface area contributed by atoms with Gasteiger partial charge in [-0.05, 0) is 85.6 Å². The zero-order valence-electron chi connectivity index (χ0n) is 25.9. The Labute approximate surface area is 261 Å². The van der Waals surface area contributed by atoms with Gasteiger partial charge in [0.25, 0.3) is 5.56 Å². The summed E-state index contributed by atoms with van der Waals surface area (Å²) in [6.07, 6.45) is 8.30. The molecular weight excluding hydrogens is 567 g/mol. The van der Waals surface area contributed by atoms with Crippen LogP contribution in [0.5, 0.6) is 0 Å². The number of allylic oxidation sites excluding steroid dienone is 1. The van der Waals surface area contributed by atoms with Gasteiger partial charge in [0, 0.05) is 29.5 Å². The molecule has 10 heteroatoms. The highest BCUT2D eigenvalue weighted by Crippen LogP contribution is 2.26. The fraction of sp³-hybridized carbons (Fsp3) is 0.200. The van der Waals surface area contributed by atoms with Gasteiger partial charge in [0.2, 0.25) is 0 Å². The van der Waals surface area contributed by atoms with Crippen LogP contribution >= 0.6 is 0 Å². The lowest BCUT2D eigenvalue weighted by molar-refractivity contribution is 0.629. The molecule has 0 aliphatic carbocycles. The molecule has 0 aliphatic heterocycles. The van der Waals surface area contributed by atoms with Gasteiger partial charge in [0.15, 0.2) is 0 Å². The van der Waals surface area contributed by atoms with Gasteiger partial charge in [-0.25, -0.2) is 4.39 Å². The van der Waals surface area contributed by atoms with Crippen molar-refractivity contribution < 1.29 is 4.39 Å². The average molecular weight is 605 g/mol. The van der Waals surface area contributed by atoms with E-state index < -0.39 is 0 Å². The van der Waals surface area contributed by atoms with E-state index in [1.54, 1.807) is 30.1 Å². The number of pyridine rings is 2. The van der Waals surface area contributed by atoms with E-state index in [1.807, 2.05) is 73.3 Å². The third-order valence-electron chi connectivity index (χ3n) is 7.62. The second-order valence-electron chi connectivity index (χ2n) is 10.6. The molecule has 0 fully saturated rings. The summed E-state index contributed by atoms with van der Waals surface area (Å²) in [7, 11) is 3.46. The van der Waals surface area contributed by atoms with E-state index in [1.165, 1.54) is 12.1 Å². The summed E-state index contributed by atoms with van der Waals surface area (Å²) in [4.78, 5) is 18.7. The number of rotatable bonds is 12. The fourth-order valence-electron chi connectivity index (χ4n) is 5.20. The number of aromatic nitrogens is 3. The van der Waals surface area contributed by atoms with Crippen molar-refractivity contribution in [2.24, 2.45) is 10.3 Å². The maximum Gasteiger partial charge on any atom is 0.275 e. The molecule has 2 aromatic carbocycles. The summed E-state index contributed by atoms with van der Waals surface area (Å²) < 4.78 is 17.5. The van der Waals surface area contributed by atoms with Gasteiger partial charge in [-0.3, -0.25) is 15.2 Å². The first-order valence-corrected chi connectivity index (χ1v) is 14.8. The summed E-state index contributed by atoms with van der Waals surface area (Å²) in [5.74, 6) is -0.285. The van der Waals surface area contributed by atoms with Crippen molar-refractivity contribution in [3.05, 3.63) is 131 Å². The van der Waals surface area contributed by atoms with E-state index in [0.717, 1.165) is 51.1 Å². The van der Waals surface area contributed by atoms with Crippen molar-refractivity contribution in [1.29, 1.82) is 0 Å². The van der Waals surface area contributed by atoms with Crippen molar-refractivity contribution in [3.63, 3.8) is 0 Å². The second kappa shape index (κ2) is 14.0. The first kappa shape index (κ1) is 31.1. The molecule has 0 bridgehead atoms. The molecule has 0 unspecified atom stereocenters. The van der Waals surface area contributed by atoms with Crippen LogP contribution in [0.15, 0.2) is 119 Å². The smallest absolute Gasteiger partial charge is 0.275 e. The number of anilines is 1. The molecule has 0 aliphatic rings. The number of hydrogen-bond donors (Lipinski definition) is 3. The summed E-state index contributed by atoms with van der Waals surface area (Å²) >= 11 is 0. The first-order chi connectivity index (χ1) is 21.8. The van der Waals surface area contributed by atoms with Crippen LogP contribution in [-0.2, 0) is 6.54 Å². The molecule has 0 amide bonds. The van der Waals surface area contributed by atoms with E-state index in [2.05, 4.69) is 51.0 Å². The Balaban J connectivity index is 1.60. The van der Waals surface area contributed by atoms with Gasteiger partial charge in [-0.15, -0.1) is 0 Å². The van der Waals surface area contributed by atoms with E-state index in [4.69, 9.17) is 0 Å². The first-order valence-electron chi connectivity index (χ1n) is 14.8. The molecule has 0 radical (unpaired) electrons. The average Bonchev–Trinajstić information content (AvgIpc) is 3.48. The van der Waals surface area contributed by atoms with Crippen molar-refractivity contribution in [2.45, 2.75) is 32.9 Å². The van der Waals surface area contributed by atoms with Crippen LogP contribution in [0.4, 0.5) is 10.1 Å². The molecule has 9 nitrogen and oxygen atoms in total. The van der Waals surface area contributed by atoms with Gasteiger partial charge < -0.3 is 19.8 Å². The van der Waals surface area contributed by atoms with Crippen molar-refractivity contribution >= 4 is 22.3 Å². The van der Waals surface area contributed by atoms with Gasteiger partial charge in [0.05, 0.1) is 42.4 Å². The second-order valence-corrected chi connectivity index (χ2v) is 10.6. The standard InChI is InChI=1S/C35H37FN8O/c1-6-8-31(24(3)37-4)40-32-12-14-34(27-10-7-9-26(18-27)23(2)41-42-38-5)44(35(32)45)22-25-17-30(21-39-20-25)43-16-15-28-19-29(36)11-13-33(28)43/h7-21,24,37,40H,2,6,22H2,1,3-5H3,(H,38,41)/t24-/m0/s1. The largest absolute Gasteiger partial charge is 0.353 e. The molecule has 0 saturated carbocycles. The minimum Gasteiger partial charge on any atom is -0.353 e. The lowest BCUT2D eigenvalue weighted by Gasteiger charge is -2.20. The minimum absolute atomic E-state index is 0.0266. The van der Waals surface area contributed by atoms with E-state index in [9.17, 15) is 9.18 Å². The number of benzene rings is 2. The minimum atomic E-state index is -0.285. The predicted molar refractivity (Wildman–Crippen MR) is 180 cm³/mol. The highest BCUT2D eigenvalue weighted by Gasteiger charge is 2.16. The maximum atomic E-state index is 14.2. The summed E-state index contributed by atoms with van der Waals surface area (Å²) in [6.45, 7) is 8.44. The highest BCUT2D eigenvalue weighted by molar-refractivity contribution is 5.82. The highest BCUT2D eigenvalue weighted by atomic mass is 19.1. The van der Waals surface area contributed by atoms with Gasteiger partial charge in [0.1, 0.15) is 11.5 Å². The topological polar surface area (TPSA) is 101 Å². The van der Waals surface area contributed by atoms with Crippen LogP contribution in [-0.4, -0.2) is 34.3 Å². The number of halogens is 1. The molecule has 3 heterocycles. The van der Waals surface area contributed by atoms with Gasteiger partial charge in [-0.1, -0.05) is 43.0 Å². The van der Waals surface area contributed by atoms with E-state index in [-0.39, 0.29) is 24.0 Å². The lowest BCUT2D eigenvalue weighted by atomic mass is 10.0. The molecular formula is C35H37FN8O. The summed E-state index contributed by atoms with van der Waals surface area (Å²) in [5, 5.41) is 15.0. The molecule has 0 spiro atoms. The van der Waals surface area contributed by atoms with E-state index in [0.29, 0.717) is 11.4 Å². The molecule has 1 atom stereocenters. The third-order valence-corrected chi connectivity index (χ3v) is 7.62. The quantitative estimate of drug-likeness (QED) is 0.106. The Morgan fingerprint density at radius 3 is 2.73 bits per heavy atom. The molecule has 230 valence electrons. The van der Waals surface area contributed by atoms with Gasteiger partial charge >= 0.3 is 0 Å². The number of likely N-dealkylation sites (N-methyl/N-ethyl adjacent to an activating group) is 1. The molecule has 45 heavy (non-hydrogen) atoms. The van der Waals surface area contributed by atoms with Crippen LogP contribution in [0, 0.1) is 5.82 Å². The molecule has 3 aromatic heterocycles. The maximum absolute atomic E-state index is 14.2. The van der Waals surface area contributed by atoms with Crippen molar-refractivity contribution in [2.75, 3.05) is 19.4 Å². The molecule has 5 rings (SSSR count). The van der Waals surface area contributed by atoms with E-state index >= 15 is 0 Å². The number of nitrogens with zero attached hydrogens (tertiary/aromatic N) is 5. The monoisotopic (exact) mass is 604 g/mol. The Bertz CT molecular complexity index is 1960. The number of nitrogens with one attached hydrogen (secondary N) is 3. The Morgan fingerprint density at radius 1 is 1.11 bits per heavy atom. The summed E-state index contributed by atoms with van der Waals surface area (Å²) in [5.41, 5.74) is 9.51. The molecule has 5 aromatic rings. The molecule has 3 N–H and O–H groups in total. The number of hydrogen-bond acceptors (Lipinski definition) is 6. The lowest BCUT2D eigenvalue weighted by Crippen LogP contribution is -2.31. The van der Waals surface area contributed by atoms with Crippen molar-refractivity contribution in [3.8, 4) is 16.9 Å². The summed E-state index contributed by atoms with van der Waals surface area (Å²) in [6, 6.07) is 20.1. The van der Waals surface area contributed by atoms with Crippen LogP contribution < -0.4 is 21.6 Å². The number of fused-ring (bicyclic) bond motifs is 1.